The van der Waals surface area contributed by atoms with Crippen molar-refractivity contribution >= 4 is 71.6 Å². The number of nitrogens with zero attached hydrogens (tertiary/aromatic N) is 2. The summed E-state index contributed by atoms with van der Waals surface area (Å²) >= 11 is 0. The topological polar surface area (TPSA) is 21.3 Å². The average Bonchev–Trinajstić information content (AvgIpc) is 3.81. The summed E-state index contributed by atoms with van der Waals surface area (Å²) in [6.07, 6.45) is 0. The third-order valence-electron chi connectivity index (χ3n) is 11.3. The molecule has 246 valence electrons. The summed E-state index contributed by atoms with van der Waals surface area (Å²) in [5.41, 5.74) is 13.7. The van der Waals surface area contributed by atoms with Crippen LogP contribution in [0.15, 0.2) is 174 Å². The molecule has 1 aliphatic rings. The largest absolute Gasteiger partial charge is 0.454 e. The molecule has 0 fully saturated rings. The molecule has 0 spiro atoms. The zero-order valence-corrected chi connectivity index (χ0v) is 29.0. The monoisotopic (exact) mass is 666 g/mol. The summed E-state index contributed by atoms with van der Waals surface area (Å²) < 4.78 is 9.29. The molecule has 0 N–H and O–H groups in total. The molecule has 8 aromatic carbocycles. The van der Waals surface area contributed by atoms with Crippen LogP contribution in [0.3, 0.4) is 0 Å². The molecule has 0 aliphatic heterocycles. The standard InChI is InChI=1S/C49H34N2O/c1-49(2)41-21-11-8-18-36(41)37-27-26-35(29-42(37)49)50(33-16-4-3-5-17-33)44-30-40-38-19-10-13-23-45(38)52-48(40)47-46(44)39-20-9-12-22-43(39)51(47)34-25-24-31-14-6-7-15-32(31)28-34/h3-30H,1-2H3. The van der Waals surface area contributed by atoms with Crippen molar-refractivity contribution in [2.45, 2.75) is 19.3 Å². The van der Waals surface area contributed by atoms with Gasteiger partial charge in [-0.25, -0.2) is 0 Å². The molecule has 0 bridgehead atoms. The van der Waals surface area contributed by atoms with E-state index in [9.17, 15) is 0 Å². The number of para-hydroxylation sites is 3. The van der Waals surface area contributed by atoms with E-state index in [1.807, 2.05) is 0 Å². The van der Waals surface area contributed by atoms with E-state index in [1.165, 1.54) is 38.4 Å². The number of hydrogen-bond donors (Lipinski definition) is 0. The number of fused-ring (bicyclic) bond motifs is 11. The first-order valence-corrected chi connectivity index (χ1v) is 18.0. The number of furan rings is 1. The van der Waals surface area contributed by atoms with Crippen LogP contribution in [0.4, 0.5) is 17.1 Å². The van der Waals surface area contributed by atoms with Crippen molar-refractivity contribution in [2.24, 2.45) is 0 Å². The molecule has 0 saturated carbocycles. The Morgan fingerprint density at radius 2 is 1.23 bits per heavy atom. The first-order chi connectivity index (χ1) is 25.6. The van der Waals surface area contributed by atoms with Crippen LogP contribution >= 0.6 is 0 Å². The first-order valence-electron chi connectivity index (χ1n) is 18.0. The van der Waals surface area contributed by atoms with Crippen LogP contribution in [0.5, 0.6) is 0 Å². The molecular weight excluding hydrogens is 633 g/mol. The smallest absolute Gasteiger partial charge is 0.160 e. The van der Waals surface area contributed by atoms with Gasteiger partial charge in [0.2, 0.25) is 0 Å². The van der Waals surface area contributed by atoms with Crippen molar-refractivity contribution in [1.29, 1.82) is 0 Å². The lowest BCUT2D eigenvalue weighted by Gasteiger charge is -2.29. The molecule has 0 radical (unpaired) electrons. The maximum atomic E-state index is 6.88. The number of aromatic nitrogens is 1. The molecule has 0 unspecified atom stereocenters. The van der Waals surface area contributed by atoms with Gasteiger partial charge in [0.15, 0.2) is 5.58 Å². The van der Waals surface area contributed by atoms with Gasteiger partial charge in [-0.15, -0.1) is 0 Å². The Morgan fingerprint density at radius 1 is 0.519 bits per heavy atom. The average molecular weight is 667 g/mol. The summed E-state index contributed by atoms with van der Waals surface area (Å²) in [6.45, 7) is 4.71. The predicted molar refractivity (Wildman–Crippen MR) is 218 cm³/mol. The SMILES string of the molecule is CC1(C)c2ccccc2-c2ccc(N(c3ccccc3)c3cc4c5ccccc5oc4c4c3c3ccccc3n4-c3ccc4ccccc4c3)cc21. The predicted octanol–water partition coefficient (Wildman–Crippen LogP) is 13.6. The Morgan fingerprint density at radius 3 is 2.12 bits per heavy atom. The van der Waals surface area contributed by atoms with Crippen LogP contribution in [0.25, 0.3) is 71.3 Å². The van der Waals surface area contributed by atoms with Crippen LogP contribution in [0.2, 0.25) is 0 Å². The number of benzene rings is 8. The Hall–Kier alpha value is -6.58. The zero-order valence-electron chi connectivity index (χ0n) is 29.0. The number of hydrogen-bond acceptors (Lipinski definition) is 2. The normalized spacial score (nSPS) is 13.3. The van der Waals surface area contributed by atoms with Gasteiger partial charge in [-0.2, -0.15) is 0 Å². The first kappa shape index (κ1) is 29.2. The molecule has 0 saturated heterocycles. The molecule has 10 aromatic rings. The van der Waals surface area contributed by atoms with Crippen LogP contribution < -0.4 is 4.90 Å². The van der Waals surface area contributed by atoms with E-state index in [4.69, 9.17) is 4.42 Å². The fraction of sp³-hybridized carbons (Fsp3) is 0.0612. The van der Waals surface area contributed by atoms with Gasteiger partial charge < -0.3 is 13.9 Å². The van der Waals surface area contributed by atoms with Gasteiger partial charge in [-0.1, -0.05) is 129 Å². The number of anilines is 3. The van der Waals surface area contributed by atoms with Gasteiger partial charge in [-0.3, -0.25) is 0 Å². The van der Waals surface area contributed by atoms with E-state index in [2.05, 4.69) is 193 Å². The van der Waals surface area contributed by atoms with Gasteiger partial charge in [-0.05, 0) is 87.6 Å². The van der Waals surface area contributed by atoms with Crippen LogP contribution in [0.1, 0.15) is 25.0 Å². The van der Waals surface area contributed by atoms with Crippen LogP contribution in [0, 0.1) is 0 Å². The fourth-order valence-electron chi connectivity index (χ4n) is 8.90. The van der Waals surface area contributed by atoms with Crippen LogP contribution in [-0.2, 0) is 5.41 Å². The van der Waals surface area contributed by atoms with E-state index in [0.29, 0.717) is 0 Å². The summed E-state index contributed by atoms with van der Waals surface area (Å²) in [5, 5.41) is 6.96. The second-order valence-corrected chi connectivity index (χ2v) is 14.5. The van der Waals surface area contributed by atoms with E-state index in [-0.39, 0.29) is 5.41 Å². The second kappa shape index (κ2) is 10.7. The molecule has 2 heterocycles. The van der Waals surface area contributed by atoms with Crippen molar-refractivity contribution < 1.29 is 4.42 Å². The molecule has 11 rings (SSSR count). The summed E-state index contributed by atoms with van der Waals surface area (Å²) in [6, 6.07) is 61.7. The fourth-order valence-corrected chi connectivity index (χ4v) is 8.90. The Labute approximate surface area is 301 Å². The number of rotatable bonds is 4. The van der Waals surface area contributed by atoms with Crippen molar-refractivity contribution in [2.75, 3.05) is 4.90 Å². The highest BCUT2D eigenvalue weighted by molar-refractivity contribution is 6.27. The molecule has 3 heteroatoms. The van der Waals surface area contributed by atoms with Gasteiger partial charge in [0.05, 0.1) is 16.7 Å². The summed E-state index contributed by atoms with van der Waals surface area (Å²) in [4.78, 5) is 2.46. The molecule has 0 atom stereocenters. The highest BCUT2D eigenvalue weighted by Gasteiger charge is 2.36. The lowest BCUT2D eigenvalue weighted by molar-refractivity contribution is 0.660. The van der Waals surface area contributed by atoms with Crippen molar-refractivity contribution in [3.8, 4) is 16.8 Å². The van der Waals surface area contributed by atoms with E-state index in [1.54, 1.807) is 0 Å². The lowest BCUT2D eigenvalue weighted by Crippen LogP contribution is -2.16. The highest BCUT2D eigenvalue weighted by Crippen LogP contribution is 2.53. The van der Waals surface area contributed by atoms with Crippen molar-refractivity contribution in [1.82, 2.24) is 4.57 Å². The maximum absolute atomic E-state index is 6.88. The molecule has 2 aromatic heterocycles. The van der Waals surface area contributed by atoms with Gasteiger partial charge >= 0.3 is 0 Å². The van der Waals surface area contributed by atoms with Gasteiger partial charge in [0.25, 0.3) is 0 Å². The second-order valence-electron chi connectivity index (χ2n) is 14.5. The Bertz CT molecular complexity index is 3050. The van der Waals surface area contributed by atoms with Gasteiger partial charge in [0, 0.05) is 44.0 Å². The third-order valence-corrected chi connectivity index (χ3v) is 11.3. The zero-order chi connectivity index (χ0) is 34.6. The van der Waals surface area contributed by atoms with E-state index in [0.717, 1.165) is 61.1 Å². The maximum Gasteiger partial charge on any atom is 0.160 e. The molecule has 3 nitrogen and oxygen atoms in total. The van der Waals surface area contributed by atoms with Gasteiger partial charge in [0.1, 0.15) is 5.58 Å². The van der Waals surface area contributed by atoms with Crippen molar-refractivity contribution in [3.63, 3.8) is 0 Å². The highest BCUT2D eigenvalue weighted by atomic mass is 16.3. The minimum atomic E-state index is -0.129. The molecular formula is C49H34N2O. The van der Waals surface area contributed by atoms with Crippen molar-refractivity contribution in [3.05, 3.63) is 181 Å². The molecule has 1 aliphatic carbocycles. The Balaban J connectivity index is 1.29. The molecule has 0 amide bonds. The minimum absolute atomic E-state index is 0.129. The lowest BCUT2D eigenvalue weighted by atomic mass is 9.82. The van der Waals surface area contributed by atoms with E-state index < -0.39 is 0 Å². The van der Waals surface area contributed by atoms with E-state index >= 15 is 0 Å². The Kier molecular flexibility index (Phi) is 6.01. The van der Waals surface area contributed by atoms with Crippen LogP contribution in [-0.4, -0.2) is 4.57 Å². The third kappa shape index (κ3) is 4.02. The molecule has 52 heavy (non-hydrogen) atoms. The summed E-state index contributed by atoms with van der Waals surface area (Å²) in [7, 11) is 0. The quantitative estimate of drug-likeness (QED) is 0.186. The minimum Gasteiger partial charge on any atom is -0.454 e. The summed E-state index contributed by atoms with van der Waals surface area (Å²) in [5.74, 6) is 0.